The van der Waals surface area contributed by atoms with Crippen molar-refractivity contribution in [3.05, 3.63) is 29.3 Å². The average molecular weight is 233 g/mol. The van der Waals surface area contributed by atoms with E-state index in [9.17, 15) is 19.0 Å². The minimum absolute atomic E-state index is 0.132. The minimum Gasteiger partial charge on any atom is -0.396 e. The molecule has 1 rings (SSSR count). The number of rotatable bonds is 4. The van der Waals surface area contributed by atoms with Crippen molar-refractivity contribution in [3.63, 3.8) is 0 Å². The van der Waals surface area contributed by atoms with Crippen LogP contribution in [0.5, 0.6) is 0 Å². The predicted octanol–water partition coefficient (Wildman–Crippen LogP) is 0.324. The molecule has 0 aliphatic carbocycles. The first-order chi connectivity index (χ1) is 7.47. The lowest BCUT2D eigenvalue weighted by Gasteiger charge is -2.18. The Morgan fingerprint density at radius 3 is 2.38 bits per heavy atom. The van der Waals surface area contributed by atoms with Crippen LogP contribution in [0.4, 0.5) is 14.5 Å². The molecule has 0 fully saturated rings. The highest BCUT2D eigenvalue weighted by Crippen LogP contribution is 2.25. The van der Waals surface area contributed by atoms with Crippen LogP contribution < -0.4 is 5.73 Å². The largest absolute Gasteiger partial charge is 0.396 e. The Kier molecular flexibility index (Phi) is 4.17. The van der Waals surface area contributed by atoms with Gasteiger partial charge >= 0.3 is 0 Å². The van der Waals surface area contributed by atoms with E-state index in [0.29, 0.717) is 0 Å². The van der Waals surface area contributed by atoms with Gasteiger partial charge < -0.3 is 21.1 Å². The van der Waals surface area contributed by atoms with Crippen LogP contribution >= 0.6 is 0 Å². The van der Waals surface area contributed by atoms with Crippen molar-refractivity contribution < 1.29 is 24.1 Å². The quantitative estimate of drug-likeness (QED) is 0.564. The Bertz CT molecular complexity index is 373. The maximum absolute atomic E-state index is 13.3. The first-order valence-electron chi connectivity index (χ1n) is 4.68. The molecule has 2 atom stereocenters. The molecule has 6 heteroatoms. The minimum atomic E-state index is -1.60. The fraction of sp³-hybridized carbons (Fsp3) is 0.400. The maximum atomic E-state index is 13.3. The van der Waals surface area contributed by atoms with Crippen molar-refractivity contribution in [1.29, 1.82) is 0 Å². The van der Waals surface area contributed by atoms with E-state index in [0.717, 1.165) is 12.1 Å². The van der Waals surface area contributed by atoms with Crippen molar-refractivity contribution in [1.82, 2.24) is 0 Å². The molecule has 0 radical (unpaired) electrons. The van der Waals surface area contributed by atoms with Crippen LogP contribution in [0.2, 0.25) is 0 Å². The summed E-state index contributed by atoms with van der Waals surface area (Å²) in [5, 5.41) is 27.4. The number of nitrogens with two attached hydrogens (primary N) is 1. The summed E-state index contributed by atoms with van der Waals surface area (Å²) in [6.07, 6.45) is -3.09. The second kappa shape index (κ2) is 5.20. The molecule has 0 spiro atoms. The Balaban J connectivity index is 2.99. The van der Waals surface area contributed by atoms with Gasteiger partial charge in [-0.15, -0.1) is 0 Å². The van der Waals surface area contributed by atoms with E-state index in [2.05, 4.69) is 0 Å². The summed E-state index contributed by atoms with van der Waals surface area (Å²) >= 11 is 0. The molecule has 2 unspecified atom stereocenters. The smallest absolute Gasteiger partial charge is 0.146 e. The maximum Gasteiger partial charge on any atom is 0.146 e. The molecule has 0 amide bonds. The lowest BCUT2D eigenvalue weighted by molar-refractivity contribution is 0.00222. The Labute approximate surface area is 90.9 Å². The Morgan fingerprint density at radius 1 is 1.19 bits per heavy atom. The normalized spacial score (nSPS) is 14.8. The SMILES string of the molecule is Nc1cc(F)c(C(O)C(O)CCO)cc1F. The Hall–Kier alpha value is -1.24. The topological polar surface area (TPSA) is 86.7 Å². The van der Waals surface area contributed by atoms with Crippen molar-refractivity contribution in [2.45, 2.75) is 18.6 Å². The van der Waals surface area contributed by atoms with Crippen molar-refractivity contribution in [3.8, 4) is 0 Å². The number of nitrogen functional groups attached to an aromatic ring is 1. The van der Waals surface area contributed by atoms with Gasteiger partial charge in [0, 0.05) is 18.2 Å². The van der Waals surface area contributed by atoms with E-state index in [1.807, 2.05) is 0 Å². The van der Waals surface area contributed by atoms with E-state index in [-0.39, 0.29) is 24.3 Å². The summed E-state index contributed by atoms with van der Waals surface area (Å²) < 4.78 is 26.3. The molecule has 0 heterocycles. The van der Waals surface area contributed by atoms with Gasteiger partial charge in [0.05, 0.1) is 11.8 Å². The molecular weight excluding hydrogens is 220 g/mol. The highest BCUT2D eigenvalue weighted by molar-refractivity contribution is 5.43. The Morgan fingerprint density at radius 2 is 1.81 bits per heavy atom. The number of benzene rings is 1. The van der Waals surface area contributed by atoms with Gasteiger partial charge in [-0.1, -0.05) is 0 Å². The van der Waals surface area contributed by atoms with Gasteiger partial charge in [-0.05, 0) is 12.5 Å². The number of aliphatic hydroxyl groups is 3. The van der Waals surface area contributed by atoms with Crippen LogP contribution in [0.25, 0.3) is 0 Å². The first-order valence-corrected chi connectivity index (χ1v) is 4.68. The first kappa shape index (κ1) is 12.8. The van der Waals surface area contributed by atoms with E-state index in [1.165, 1.54) is 0 Å². The lowest BCUT2D eigenvalue weighted by atomic mass is 10.0. The van der Waals surface area contributed by atoms with E-state index >= 15 is 0 Å². The molecular formula is C10H13F2NO3. The van der Waals surface area contributed by atoms with Crippen LogP contribution in [0, 0.1) is 11.6 Å². The zero-order valence-electron chi connectivity index (χ0n) is 8.40. The fourth-order valence-corrected chi connectivity index (χ4v) is 1.30. The van der Waals surface area contributed by atoms with Gasteiger partial charge in [-0.25, -0.2) is 8.78 Å². The molecule has 16 heavy (non-hydrogen) atoms. The van der Waals surface area contributed by atoms with Crippen LogP contribution in [-0.2, 0) is 0 Å². The summed E-state index contributed by atoms with van der Waals surface area (Å²) in [4.78, 5) is 0. The van der Waals surface area contributed by atoms with E-state index in [4.69, 9.17) is 10.8 Å². The molecule has 0 saturated heterocycles. The molecule has 1 aromatic carbocycles. The number of halogens is 2. The summed E-state index contributed by atoms with van der Waals surface area (Å²) in [6, 6.07) is 1.47. The van der Waals surface area contributed by atoms with Gasteiger partial charge in [0.2, 0.25) is 0 Å². The van der Waals surface area contributed by atoms with Crippen molar-refractivity contribution in [2.75, 3.05) is 12.3 Å². The molecule has 1 aromatic rings. The molecule has 0 aliphatic heterocycles. The molecule has 0 aliphatic rings. The van der Waals surface area contributed by atoms with Crippen LogP contribution in [-0.4, -0.2) is 28.0 Å². The lowest BCUT2D eigenvalue weighted by Crippen LogP contribution is -2.20. The third-order valence-electron chi connectivity index (χ3n) is 2.22. The van der Waals surface area contributed by atoms with Gasteiger partial charge in [-0.3, -0.25) is 0 Å². The molecule has 4 nitrogen and oxygen atoms in total. The zero-order valence-corrected chi connectivity index (χ0v) is 8.40. The second-order valence-corrected chi connectivity index (χ2v) is 3.42. The molecule has 90 valence electrons. The summed E-state index contributed by atoms with van der Waals surface area (Å²) in [6.45, 7) is -0.364. The molecule has 0 saturated carbocycles. The van der Waals surface area contributed by atoms with Gasteiger partial charge in [0.25, 0.3) is 0 Å². The molecule has 5 N–H and O–H groups in total. The second-order valence-electron chi connectivity index (χ2n) is 3.42. The monoisotopic (exact) mass is 233 g/mol. The summed E-state index contributed by atoms with van der Waals surface area (Å²) in [7, 11) is 0. The van der Waals surface area contributed by atoms with Crippen LogP contribution in [0.1, 0.15) is 18.1 Å². The third-order valence-corrected chi connectivity index (χ3v) is 2.22. The molecule has 0 aromatic heterocycles. The summed E-state index contributed by atoms with van der Waals surface area (Å²) in [5.74, 6) is -1.77. The molecule has 0 bridgehead atoms. The zero-order chi connectivity index (χ0) is 12.3. The highest BCUT2D eigenvalue weighted by Gasteiger charge is 2.22. The van der Waals surface area contributed by atoms with Crippen molar-refractivity contribution in [2.24, 2.45) is 0 Å². The van der Waals surface area contributed by atoms with E-state index < -0.39 is 23.8 Å². The summed E-state index contributed by atoms with van der Waals surface area (Å²) in [5.41, 5.74) is 4.37. The number of hydrogen-bond donors (Lipinski definition) is 4. The van der Waals surface area contributed by atoms with Gasteiger partial charge in [0.15, 0.2) is 0 Å². The average Bonchev–Trinajstić information content (AvgIpc) is 2.23. The van der Waals surface area contributed by atoms with Gasteiger partial charge in [-0.2, -0.15) is 0 Å². The number of anilines is 1. The highest BCUT2D eigenvalue weighted by atomic mass is 19.1. The standard InChI is InChI=1S/C10H13F2NO3/c11-6-4-8(13)7(12)3-5(6)10(16)9(15)1-2-14/h3-4,9-10,14-16H,1-2,13H2. The van der Waals surface area contributed by atoms with Gasteiger partial charge in [0.1, 0.15) is 17.7 Å². The third kappa shape index (κ3) is 2.66. The predicted molar refractivity (Wildman–Crippen MR) is 53.4 cm³/mol. The van der Waals surface area contributed by atoms with Crippen LogP contribution in [0.3, 0.4) is 0 Å². The van der Waals surface area contributed by atoms with E-state index in [1.54, 1.807) is 0 Å². The van der Waals surface area contributed by atoms with Crippen LogP contribution in [0.15, 0.2) is 12.1 Å². The fourth-order valence-electron chi connectivity index (χ4n) is 1.30. The number of aliphatic hydroxyl groups excluding tert-OH is 3. The van der Waals surface area contributed by atoms with Crippen molar-refractivity contribution >= 4 is 5.69 Å². The number of hydrogen-bond acceptors (Lipinski definition) is 4.